The molecule has 6 heteroatoms. The maximum absolute atomic E-state index is 12.7. The van der Waals surface area contributed by atoms with Gasteiger partial charge in [-0.2, -0.15) is 4.98 Å². The van der Waals surface area contributed by atoms with Crippen LogP contribution in [0.1, 0.15) is 40.4 Å². The van der Waals surface area contributed by atoms with Crippen LogP contribution in [0.2, 0.25) is 0 Å². The van der Waals surface area contributed by atoms with Crippen molar-refractivity contribution in [3.05, 3.63) is 57.5 Å². The van der Waals surface area contributed by atoms with Gasteiger partial charge in [0.2, 0.25) is 0 Å². The zero-order valence-electron chi connectivity index (χ0n) is 14.1. The highest BCUT2D eigenvalue weighted by Crippen LogP contribution is 2.21. The minimum absolute atomic E-state index is 0.161. The first-order chi connectivity index (χ1) is 11.5. The van der Waals surface area contributed by atoms with E-state index < -0.39 is 5.69 Å². The average Bonchev–Trinajstić information content (AvgIpc) is 2.53. The van der Waals surface area contributed by atoms with Crippen molar-refractivity contribution >= 4 is 5.91 Å². The van der Waals surface area contributed by atoms with Crippen molar-refractivity contribution in [2.24, 2.45) is 5.92 Å². The van der Waals surface area contributed by atoms with E-state index in [0.717, 1.165) is 30.7 Å². The molecule has 1 fully saturated rings. The number of carbonyl (C=O) groups is 1. The number of pyridine rings is 1. The van der Waals surface area contributed by atoms with Crippen LogP contribution in [0.5, 0.6) is 0 Å². The van der Waals surface area contributed by atoms with Crippen LogP contribution in [0, 0.1) is 19.8 Å². The molecule has 3 heterocycles. The average molecular weight is 326 g/mol. The number of aryl methyl sites for hydroxylation is 2. The quantitative estimate of drug-likeness (QED) is 0.934. The zero-order valence-corrected chi connectivity index (χ0v) is 14.1. The second kappa shape index (κ2) is 6.95. The van der Waals surface area contributed by atoms with Gasteiger partial charge in [0.25, 0.3) is 5.91 Å². The molecule has 1 atom stereocenters. The summed E-state index contributed by atoms with van der Waals surface area (Å²) in [7, 11) is 0. The van der Waals surface area contributed by atoms with Crippen molar-refractivity contribution in [1.29, 1.82) is 0 Å². The van der Waals surface area contributed by atoms with E-state index in [9.17, 15) is 9.59 Å². The molecule has 2 aromatic heterocycles. The number of hydrogen-bond acceptors (Lipinski definition) is 4. The van der Waals surface area contributed by atoms with E-state index in [-0.39, 0.29) is 11.6 Å². The molecule has 0 unspecified atom stereocenters. The van der Waals surface area contributed by atoms with Gasteiger partial charge in [-0.25, -0.2) is 4.79 Å². The molecule has 0 aromatic carbocycles. The second-order valence-corrected chi connectivity index (χ2v) is 6.49. The lowest BCUT2D eigenvalue weighted by Gasteiger charge is -2.32. The topological polar surface area (TPSA) is 79.0 Å². The number of piperidine rings is 1. The van der Waals surface area contributed by atoms with Crippen LogP contribution in [0.15, 0.2) is 29.1 Å². The summed E-state index contributed by atoms with van der Waals surface area (Å²) in [6.45, 7) is 5.13. The van der Waals surface area contributed by atoms with Crippen molar-refractivity contribution < 1.29 is 4.79 Å². The van der Waals surface area contributed by atoms with Gasteiger partial charge in [-0.1, -0.05) is 6.07 Å². The Hall–Kier alpha value is -2.50. The molecule has 24 heavy (non-hydrogen) atoms. The Morgan fingerprint density at radius 3 is 2.92 bits per heavy atom. The lowest BCUT2D eigenvalue weighted by molar-refractivity contribution is 0.0666. The highest BCUT2D eigenvalue weighted by atomic mass is 16.2. The number of amides is 1. The van der Waals surface area contributed by atoms with Gasteiger partial charge in [-0.3, -0.25) is 9.78 Å². The number of likely N-dealkylation sites (tertiary alicyclic amines) is 1. The normalized spacial score (nSPS) is 17.8. The van der Waals surface area contributed by atoms with Crippen molar-refractivity contribution in [3.8, 4) is 0 Å². The first-order valence-electron chi connectivity index (χ1n) is 8.31. The van der Waals surface area contributed by atoms with E-state index in [0.29, 0.717) is 24.7 Å². The number of carbonyl (C=O) groups excluding carboxylic acids is 1. The van der Waals surface area contributed by atoms with E-state index in [1.54, 1.807) is 13.0 Å². The Morgan fingerprint density at radius 1 is 1.33 bits per heavy atom. The monoisotopic (exact) mass is 326 g/mol. The van der Waals surface area contributed by atoms with Gasteiger partial charge in [0.15, 0.2) is 0 Å². The lowest BCUT2D eigenvalue weighted by Crippen LogP contribution is -2.41. The number of aromatic amines is 1. The maximum atomic E-state index is 12.7. The second-order valence-electron chi connectivity index (χ2n) is 6.49. The summed E-state index contributed by atoms with van der Waals surface area (Å²) < 4.78 is 0. The molecule has 1 amide bonds. The predicted molar refractivity (Wildman–Crippen MR) is 90.9 cm³/mol. The Bertz CT molecular complexity index is 800. The number of rotatable bonds is 3. The molecule has 0 radical (unpaired) electrons. The molecule has 2 aromatic rings. The Balaban J connectivity index is 1.70. The first kappa shape index (κ1) is 16.4. The van der Waals surface area contributed by atoms with E-state index in [4.69, 9.17) is 0 Å². The van der Waals surface area contributed by atoms with Crippen molar-refractivity contribution in [3.63, 3.8) is 0 Å². The molecule has 6 nitrogen and oxygen atoms in total. The maximum Gasteiger partial charge on any atom is 0.345 e. The van der Waals surface area contributed by atoms with Crippen LogP contribution >= 0.6 is 0 Å². The Labute approximate surface area is 141 Å². The summed E-state index contributed by atoms with van der Waals surface area (Å²) in [5.74, 6) is 0.228. The fourth-order valence-electron chi connectivity index (χ4n) is 3.28. The van der Waals surface area contributed by atoms with Crippen LogP contribution in [-0.2, 0) is 6.42 Å². The summed E-state index contributed by atoms with van der Waals surface area (Å²) in [6.07, 6.45) is 2.92. The van der Waals surface area contributed by atoms with Crippen molar-refractivity contribution in [2.45, 2.75) is 33.1 Å². The van der Waals surface area contributed by atoms with Crippen LogP contribution in [0.4, 0.5) is 0 Å². The fraction of sp³-hybridized carbons (Fsp3) is 0.444. The predicted octanol–water partition coefficient (Wildman–Crippen LogP) is 1.88. The molecule has 0 aliphatic carbocycles. The van der Waals surface area contributed by atoms with Gasteiger partial charge < -0.3 is 9.88 Å². The van der Waals surface area contributed by atoms with Crippen molar-refractivity contribution in [2.75, 3.05) is 13.1 Å². The molecule has 0 saturated carbocycles. The number of hydrogen-bond donors (Lipinski definition) is 1. The van der Waals surface area contributed by atoms with Crippen LogP contribution < -0.4 is 5.69 Å². The molecular formula is C18H22N4O2. The number of nitrogens with one attached hydrogen (secondary N) is 1. The molecule has 3 rings (SSSR count). The third-order valence-corrected chi connectivity index (χ3v) is 4.35. The number of H-pyrrole nitrogens is 1. The van der Waals surface area contributed by atoms with Gasteiger partial charge >= 0.3 is 5.69 Å². The Kier molecular flexibility index (Phi) is 4.74. The molecule has 0 bridgehead atoms. The third kappa shape index (κ3) is 3.88. The van der Waals surface area contributed by atoms with Gasteiger partial charge in [-0.15, -0.1) is 0 Å². The van der Waals surface area contributed by atoms with Gasteiger partial charge in [-0.05, 0) is 57.2 Å². The van der Waals surface area contributed by atoms with Gasteiger partial charge in [0, 0.05) is 30.2 Å². The zero-order chi connectivity index (χ0) is 17.1. The standard InChI is InChI=1S/C18H22N4O2/c1-12-5-3-7-15(19-12)10-14-6-4-8-22(11-14)17(23)16-9-13(2)20-18(24)21-16/h3,5,7,9,14H,4,6,8,10-11H2,1-2H3,(H,20,21,24)/t14-/m0/s1. The molecule has 1 aliphatic heterocycles. The smallest absolute Gasteiger partial charge is 0.337 e. The number of nitrogens with zero attached hydrogens (tertiary/aromatic N) is 3. The lowest BCUT2D eigenvalue weighted by atomic mass is 9.93. The summed E-state index contributed by atoms with van der Waals surface area (Å²) in [6, 6.07) is 7.68. The van der Waals surface area contributed by atoms with Crippen LogP contribution in [0.25, 0.3) is 0 Å². The van der Waals surface area contributed by atoms with E-state index >= 15 is 0 Å². The third-order valence-electron chi connectivity index (χ3n) is 4.35. The summed E-state index contributed by atoms with van der Waals surface area (Å²) >= 11 is 0. The fourth-order valence-corrected chi connectivity index (χ4v) is 3.28. The highest BCUT2D eigenvalue weighted by Gasteiger charge is 2.26. The van der Waals surface area contributed by atoms with Crippen LogP contribution in [0.3, 0.4) is 0 Å². The number of aromatic nitrogens is 3. The summed E-state index contributed by atoms with van der Waals surface area (Å²) in [5, 5.41) is 0. The highest BCUT2D eigenvalue weighted by molar-refractivity contribution is 5.92. The Morgan fingerprint density at radius 2 is 2.17 bits per heavy atom. The van der Waals surface area contributed by atoms with Crippen LogP contribution in [-0.4, -0.2) is 38.8 Å². The van der Waals surface area contributed by atoms with Crippen molar-refractivity contribution in [1.82, 2.24) is 19.9 Å². The molecule has 0 spiro atoms. The minimum Gasteiger partial charge on any atom is -0.337 e. The molecule has 1 saturated heterocycles. The van der Waals surface area contributed by atoms with Gasteiger partial charge in [0.1, 0.15) is 5.69 Å². The van der Waals surface area contributed by atoms with E-state index in [2.05, 4.69) is 15.0 Å². The van der Waals surface area contributed by atoms with Gasteiger partial charge in [0.05, 0.1) is 0 Å². The minimum atomic E-state index is -0.476. The molecule has 1 N–H and O–H groups in total. The largest absolute Gasteiger partial charge is 0.345 e. The summed E-state index contributed by atoms with van der Waals surface area (Å²) in [5.41, 5.74) is 2.48. The molecule has 126 valence electrons. The molecular weight excluding hydrogens is 304 g/mol. The molecule has 1 aliphatic rings. The van der Waals surface area contributed by atoms with E-state index in [1.807, 2.05) is 30.0 Å². The van der Waals surface area contributed by atoms with E-state index in [1.165, 1.54) is 0 Å². The SMILES string of the molecule is Cc1cccc(C[C@@H]2CCCN(C(=O)c3cc(C)[nH]c(=O)n3)C2)n1. The first-order valence-corrected chi connectivity index (χ1v) is 8.31. The summed E-state index contributed by atoms with van der Waals surface area (Å²) in [4.78, 5) is 36.9.